The molecule has 22 heavy (non-hydrogen) atoms. The van der Waals surface area contributed by atoms with Crippen molar-refractivity contribution < 1.29 is 14.3 Å². The van der Waals surface area contributed by atoms with E-state index in [4.69, 9.17) is 9.47 Å². The van der Waals surface area contributed by atoms with Crippen LogP contribution in [0.5, 0.6) is 11.5 Å². The number of hydrogen-bond donors (Lipinski definition) is 2. The smallest absolute Gasteiger partial charge is 0.242 e. The summed E-state index contributed by atoms with van der Waals surface area (Å²) < 4.78 is 11.1. The normalized spacial score (nSPS) is 19.3. The fraction of sp³-hybridized carbons (Fsp3) is 0.588. The van der Waals surface area contributed by atoms with Gasteiger partial charge in [0.1, 0.15) is 19.3 Å². The number of anilines is 1. The highest BCUT2D eigenvalue weighted by molar-refractivity contribution is 5.84. The van der Waals surface area contributed by atoms with Crippen LogP contribution >= 0.6 is 0 Å². The molecule has 1 aliphatic carbocycles. The van der Waals surface area contributed by atoms with E-state index in [2.05, 4.69) is 10.6 Å². The van der Waals surface area contributed by atoms with Gasteiger partial charge in [-0.25, -0.2) is 0 Å². The van der Waals surface area contributed by atoms with Gasteiger partial charge in [0, 0.05) is 17.8 Å². The van der Waals surface area contributed by atoms with Crippen molar-refractivity contribution >= 4 is 11.6 Å². The molecule has 1 amide bonds. The highest BCUT2D eigenvalue weighted by Crippen LogP contribution is 2.32. The van der Waals surface area contributed by atoms with Gasteiger partial charge in [-0.1, -0.05) is 19.3 Å². The van der Waals surface area contributed by atoms with Crippen LogP contribution in [0.15, 0.2) is 18.2 Å². The van der Waals surface area contributed by atoms with E-state index in [9.17, 15) is 4.79 Å². The maximum Gasteiger partial charge on any atom is 0.242 e. The molecule has 1 heterocycles. The van der Waals surface area contributed by atoms with E-state index in [0.717, 1.165) is 30.0 Å². The van der Waals surface area contributed by atoms with E-state index in [1.165, 1.54) is 19.3 Å². The lowest BCUT2D eigenvalue weighted by Crippen LogP contribution is -2.44. The van der Waals surface area contributed by atoms with Crippen LogP contribution in [0.25, 0.3) is 0 Å². The summed E-state index contributed by atoms with van der Waals surface area (Å²) in [6, 6.07) is 5.74. The van der Waals surface area contributed by atoms with E-state index in [1.54, 1.807) is 0 Å². The summed E-state index contributed by atoms with van der Waals surface area (Å²) in [6.07, 6.45) is 5.92. The minimum atomic E-state index is -0.274. The molecule has 1 saturated carbocycles. The van der Waals surface area contributed by atoms with E-state index in [0.29, 0.717) is 19.3 Å². The molecule has 5 nitrogen and oxygen atoms in total. The Bertz CT molecular complexity index is 527. The second kappa shape index (κ2) is 6.90. The van der Waals surface area contributed by atoms with Crippen molar-refractivity contribution in [1.29, 1.82) is 0 Å². The summed E-state index contributed by atoms with van der Waals surface area (Å²) in [5.74, 6) is 1.55. The van der Waals surface area contributed by atoms with E-state index in [-0.39, 0.29) is 11.9 Å². The van der Waals surface area contributed by atoms with Crippen molar-refractivity contribution in [2.24, 2.45) is 0 Å². The topological polar surface area (TPSA) is 59.6 Å². The average molecular weight is 304 g/mol. The van der Waals surface area contributed by atoms with Crippen LogP contribution in [0, 0.1) is 0 Å². The predicted molar refractivity (Wildman–Crippen MR) is 85.5 cm³/mol. The van der Waals surface area contributed by atoms with E-state index in [1.807, 2.05) is 25.1 Å². The molecular formula is C17H24N2O3. The van der Waals surface area contributed by atoms with Crippen LogP contribution in [0.3, 0.4) is 0 Å². The second-order valence-corrected chi connectivity index (χ2v) is 6.07. The molecule has 1 fully saturated rings. The number of nitrogens with one attached hydrogen (secondary N) is 2. The lowest BCUT2D eigenvalue weighted by Gasteiger charge is -2.25. The van der Waals surface area contributed by atoms with E-state index < -0.39 is 0 Å². The van der Waals surface area contributed by atoms with Crippen molar-refractivity contribution in [2.75, 3.05) is 18.5 Å². The average Bonchev–Trinajstić information content (AvgIpc) is 2.55. The molecule has 0 unspecified atom stereocenters. The molecule has 120 valence electrons. The number of carbonyl (C=O) groups excluding carboxylic acids is 1. The fourth-order valence-electron chi connectivity index (χ4n) is 3.02. The highest BCUT2D eigenvalue weighted by Gasteiger charge is 2.20. The summed E-state index contributed by atoms with van der Waals surface area (Å²) >= 11 is 0. The quantitative estimate of drug-likeness (QED) is 0.898. The first-order valence-electron chi connectivity index (χ1n) is 8.19. The summed E-state index contributed by atoms with van der Waals surface area (Å²) in [5, 5.41) is 6.38. The molecular weight excluding hydrogens is 280 g/mol. The molecule has 0 spiro atoms. The first-order valence-corrected chi connectivity index (χ1v) is 8.19. The van der Waals surface area contributed by atoms with Gasteiger partial charge in [0.25, 0.3) is 0 Å². The van der Waals surface area contributed by atoms with Gasteiger partial charge in [-0.2, -0.15) is 0 Å². The lowest BCUT2D eigenvalue weighted by molar-refractivity contribution is -0.122. The third-order valence-corrected chi connectivity index (χ3v) is 4.27. The Morgan fingerprint density at radius 3 is 2.64 bits per heavy atom. The van der Waals surface area contributed by atoms with Crippen LogP contribution in [-0.4, -0.2) is 31.2 Å². The Kier molecular flexibility index (Phi) is 4.71. The van der Waals surface area contributed by atoms with Crippen LogP contribution < -0.4 is 20.1 Å². The zero-order valence-electron chi connectivity index (χ0n) is 13.1. The summed E-state index contributed by atoms with van der Waals surface area (Å²) in [7, 11) is 0. The number of ether oxygens (including phenoxy) is 2. The molecule has 1 aliphatic heterocycles. The third kappa shape index (κ3) is 3.64. The molecule has 3 rings (SSSR count). The zero-order valence-corrected chi connectivity index (χ0v) is 13.1. The maximum absolute atomic E-state index is 12.3. The number of benzene rings is 1. The molecule has 2 aliphatic rings. The standard InChI is InChI=1S/C17H24N2O3/c1-12(17(20)19-13-5-3-2-4-6-13)18-14-7-8-15-16(11-14)22-10-9-21-15/h7-8,11-13,18H,2-6,9-10H2,1H3,(H,19,20)/t12-/m0/s1. The Morgan fingerprint density at radius 1 is 1.14 bits per heavy atom. The molecule has 0 aromatic heterocycles. The van der Waals surface area contributed by atoms with Gasteiger partial charge in [-0.3, -0.25) is 4.79 Å². The largest absolute Gasteiger partial charge is 0.486 e. The molecule has 2 N–H and O–H groups in total. The molecule has 5 heteroatoms. The van der Waals surface area contributed by atoms with Crippen LogP contribution in [0.4, 0.5) is 5.69 Å². The minimum absolute atomic E-state index is 0.0572. The fourth-order valence-corrected chi connectivity index (χ4v) is 3.02. The monoisotopic (exact) mass is 304 g/mol. The maximum atomic E-state index is 12.3. The van der Waals surface area contributed by atoms with Gasteiger partial charge >= 0.3 is 0 Å². The van der Waals surface area contributed by atoms with Crippen molar-refractivity contribution in [2.45, 2.75) is 51.1 Å². The SMILES string of the molecule is C[C@H](Nc1ccc2c(c1)OCCO2)C(=O)NC1CCCCC1. The van der Waals surface area contributed by atoms with Crippen LogP contribution in [0.2, 0.25) is 0 Å². The first kappa shape index (κ1) is 15.0. The Balaban J connectivity index is 1.56. The van der Waals surface area contributed by atoms with Gasteiger partial charge in [-0.05, 0) is 31.9 Å². The molecule has 0 saturated heterocycles. The van der Waals surface area contributed by atoms with Crippen molar-refractivity contribution in [3.63, 3.8) is 0 Å². The van der Waals surface area contributed by atoms with Gasteiger partial charge in [-0.15, -0.1) is 0 Å². The highest BCUT2D eigenvalue weighted by atomic mass is 16.6. The molecule has 0 bridgehead atoms. The Hall–Kier alpha value is -1.91. The van der Waals surface area contributed by atoms with Crippen molar-refractivity contribution in [1.82, 2.24) is 5.32 Å². The predicted octanol–water partition coefficient (Wildman–Crippen LogP) is 2.71. The first-order chi connectivity index (χ1) is 10.7. The number of carbonyl (C=O) groups is 1. The summed E-state index contributed by atoms with van der Waals surface area (Å²) in [5.41, 5.74) is 0.871. The molecule has 0 radical (unpaired) electrons. The number of hydrogen-bond acceptors (Lipinski definition) is 4. The summed E-state index contributed by atoms with van der Waals surface area (Å²) in [4.78, 5) is 12.3. The molecule has 1 aromatic rings. The zero-order chi connectivity index (χ0) is 15.4. The second-order valence-electron chi connectivity index (χ2n) is 6.07. The number of rotatable bonds is 4. The van der Waals surface area contributed by atoms with Crippen LogP contribution in [0.1, 0.15) is 39.0 Å². The van der Waals surface area contributed by atoms with E-state index >= 15 is 0 Å². The molecule has 1 atom stereocenters. The minimum Gasteiger partial charge on any atom is -0.486 e. The summed E-state index contributed by atoms with van der Waals surface area (Å²) in [6.45, 7) is 3.03. The van der Waals surface area contributed by atoms with Gasteiger partial charge < -0.3 is 20.1 Å². The van der Waals surface area contributed by atoms with Gasteiger partial charge in [0.2, 0.25) is 5.91 Å². The van der Waals surface area contributed by atoms with Gasteiger partial charge in [0.05, 0.1) is 0 Å². The Morgan fingerprint density at radius 2 is 1.86 bits per heavy atom. The lowest BCUT2D eigenvalue weighted by atomic mass is 9.95. The number of fused-ring (bicyclic) bond motifs is 1. The molecule has 1 aromatic carbocycles. The van der Waals surface area contributed by atoms with Crippen LogP contribution in [-0.2, 0) is 4.79 Å². The number of amides is 1. The third-order valence-electron chi connectivity index (χ3n) is 4.27. The van der Waals surface area contributed by atoms with Crippen molar-refractivity contribution in [3.8, 4) is 11.5 Å². The Labute approximate surface area is 131 Å². The van der Waals surface area contributed by atoms with Crippen molar-refractivity contribution in [3.05, 3.63) is 18.2 Å². The van der Waals surface area contributed by atoms with Gasteiger partial charge in [0.15, 0.2) is 11.5 Å².